The predicted molar refractivity (Wildman–Crippen MR) is 158 cm³/mol. The number of carboxylic acid groups (broad SMARTS) is 1. The molecule has 1 unspecified atom stereocenters. The van der Waals surface area contributed by atoms with Gasteiger partial charge in [0.2, 0.25) is 0 Å². The number of aliphatic carboxylic acids is 1. The van der Waals surface area contributed by atoms with Crippen molar-refractivity contribution in [2.75, 3.05) is 18.5 Å². The van der Waals surface area contributed by atoms with Crippen molar-refractivity contribution in [2.24, 2.45) is 0 Å². The number of carboxylic acids is 1. The van der Waals surface area contributed by atoms with Gasteiger partial charge in [-0.1, -0.05) is 48.5 Å². The average Bonchev–Trinajstić information content (AvgIpc) is 3.28. The lowest BCUT2D eigenvalue weighted by Gasteiger charge is -2.28. The van der Waals surface area contributed by atoms with Gasteiger partial charge in [0.25, 0.3) is 0 Å². The molecule has 2 atom stereocenters. The summed E-state index contributed by atoms with van der Waals surface area (Å²) in [6, 6.07) is 28.6. The molecule has 0 fully saturated rings. The first-order valence-electron chi connectivity index (χ1n) is 13.0. The van der Waals surface area contributed by atoms with Crippen LogP contribution in [0.3, 0.4) is 0 Å². The molecular formula is C32H27N2O6S+. The Hall–Kier alpha value is -4.73. The van der Waals surface area contributed by atoms with Gasteiger partial charge in [0.1, 0.15) is 24.9 Å². The summed E-state index contributed by atoms with van der Waals surface area (Å²) in [5.74, 6) is -1.01. The highest BCUT2D eigenvalue weighted by molar-refractivity contribution is 8.14. The number of carbonyl (C=O) groups is 4. The Balaban J connectivity index is 1.42. The number of ether oxygens (including phenoxy) is 1. The molecule has 0 saturated heterocycles. The minimum Gasteiger partial charge on any atom is -0.488 e. The topological polar surface area (TPSA) is 110 Å². The molecule has 0 aliphatic carbocycles. The van der Waals surface area contributed by atoms with Gasteiger partial charge in [-0.2, -0.15) is 0 Å². The van der Waals surface area contributed by atoms with Crippen LogP contribution in [-0.2, 0) is 4.79 Å². The summed E-state index contributed by atoms with van der Waals surface area (Å²) in [4.78, 5) is 52.4. The lowest BCUT2D eigenvalue weighted by atomic mass is 10.0. The molecule has 5 rings (SSSR count). The fourth-order valence-corrected chi connectivity index (χ4v) is 5.78. The molecule has 4 aromatic rings. The van der Waals surface area contributed by atoms with Gasteiger partial charge in [0.15, 0.2) is 11.5 Å². The summed E-state index contributed by atoms with van der Waals surface area (Å²) >= 11 is 0.952. The molecule has 0 bridgehead atoms. The largest absolute Gasteiger partial charge is 0.488 e. The summed E-state index contributed by atoms with van der Waals surface area (Å²) in [6.07, 6.45) is 0. The lowest BCUT2D eigenvalue weighted by molar-refractivity contribution is -0.137. The molecule has 1 aliphatic heterocycles. The van der Waals surface area contributed by atoms with E-state index in [9.17, 15) is 19.2 Å². The molecule has 0 saturated carbocycles. The Morgan fingerprint density at radius 3 is 2.12 bits per heavy atom. The number of nitrogens with one attached hydrogen (secondary N) is 1. The summed E-state index contributed by atoms with van der Waals surface area (Å²) in [5.41, 5.74) is 2.49. The van der Waals surface area contributed by atoms with Crippen molar-refractivity contribution in [2.45, 2.75) is 17.9 Å². The first-order chi connectivity index (χ1) is 19.8. The van der Waals surface area contributed by atoms with Crippen LogP contribution < -0.4 is 14.5 Å². The minimum atomic E-state index is -0.965. The molecule has 9 heteroatoms. The van der Waals surface area contributed by atoms with E-state index >= 15 is 0 Å². The fraction of sp³-hybridized carbons (Fsp3) is 0.125. The van der Waals surface area contributed by atoms with Gasteiger partial charge in [-0.25, -0.2) is 9.59 Å². The van der Waals surface area contributed by atoms with Gasteiger partial charge in [0.05, 0.1) is 10.5 Å². The van der Waals surface area contributed by atoms with E-state index in [0.29, 0.717) is 38.7 Å². The number of carbonyl (C=O) groups excluding carboxylic acids is 3. The number of nitrogens with zero attached hydrogens (tertiary/aromatic N) is 1. The Morgan fingerprint density at radius 2 is 1.49 bits per heavy atom. The summed E-state index contributed by atoms with van der Waals surface area (Å²) < 4.78 is 5.36. The molecule has 0 spiro atoms. The fourth-order valence-electron chi connectivity index (χ4n) is 4.65. The van der Waals surface area contributed by atoms with Crippen molar-refractivity contribution in [3.05, 3.63) is 120 Å². The van der Waals surface area contributed by atoms with Crippen molar-refractivity contribution in [3.8, 4) is 5.75 Å². The molecule has 41 heavy (non-hydrogen) atoms. The number of hydrogen-bond acceptors (Lipinski definition) is 7. The predicted octanol–water partition coefficient (Wildman–Crippen LogP) is 6.26. The molecular weight excluding hydrogens is 540 g/mol. The number of hydrogen-bond donors (Lipinski definition) is 2. The van der Waals surface area contributed by atoms with E-state index in [1.54, 1.807) is 104 Å². The van der Waals surface area contributed by atoms with Crippen molar-refractivity contribution in [1.29, 1.82) is 0 Å². The number of rotatable bonds is 10. The van der Waals surface area contributed by atoms with Crippen molar-refractivity contribution >= 4 is 46.0 Å². The highest BCUT2D eigenvalue weighted by Crippen LogP contribution is 2.47. The highest BCUT2D eigenvalue weighted by atomic mass is 32.2. The van der Waals surface area contributed by atoms with Crippen molar-refractivity contribution in [3.63, 3.8) is 0 Å². The molecule has 2 amide bonds. The van der Waals surface area contributed by atoms with E-state index in [4.69, 9.17) is 9.84 Å². The van der Waals surface area contributed by atoms with E-state index in [-0.39, 0.29) is 30.1 Å². The van der Waals surface area contributed by atoms with Gasteiger partial charge in [0, 0.05) is 34.6 Å². The van der Waals surface area contributed by atoms with Gasteiger partial charge in [-0.05, 0) is 55.5 Å². The number of thioether (sulfide) groups is 1. The highest BCUT2D eigenvalue weighted by Gasteiger charge is 2.54. The maximum atomic E-state index is 14.0. The Kier molecular flexibility index (Phi) is 8.00. The van der Waals surface area contributed by atoms with E-state index in [1.807, 2.05) is 6.07 Å². The molecule has 1 aliphatic rings. The minimum absolute atomic E-state index is 0.0363. The standard InChI is InChI=1S/C32H26N2O6S/c1-21(31(37)38)33-25-13-15-26(16-14-25)40-19-18-34(30(36)23-10-6-3-7-11-23)27-17-12-24(20-28(27)41-32(34)39)29(35)22-8-4-2-5-9-22/h2-17,20-21,33H,18-19H2,1H3/p+1/t21-,34?/m0/s1. The number of amides is 2. The van der Waals surface area contributed by atoms with Crippen LogP contribution in [-0.4, -0.2) is 47.2 Å². The van der Waals surface area contributed by atoms with Crippen LogP contribution in [0.4, 0.5) is 16.2 Å². The lowest BCUT2D eigenvalue weighted by Crippen LogP contribution is -2.57. The van der Waals surface area contributed by atoms with Crippen LogP contribution in [0.5, 0.6) is 5.75 Å². The second-order valence-corrected chi connectivity index (χ2v) is 10.5. The van der Waals surface area contributed by atoms with Crippen molar-refractivity contribution < 1.29 is 29.0 Å². The number of imide groups is 1. The zero-order valence-electron chi connectivity index (χ0n) is 22.2. The van der Waals surface area contributed by atoms with E-state index in [2.05, 4.69) is 5.32 Å². The van der Waals surface area contributed by atoms with Gasteiger partial charge in [-0.3, -0.25) is 9.59 Å². The van der Waals surface area contributed by atoms with Crippen LogP contribution in [0.1, 0.15) is 33.2 Å². The van der Waals surface area contributed by atoms with Crippen LogP contribution in [0.2, 0.25) is 0 Å². The molecule has 0 radical (unpaired) electrons. The van der Waals surface area contributed by atoms with Crippen LogP contribution in [0, 0.1) is 0 Å². The Morgan fingerprint density at radius 1 is 0.854 bits per heavy atom. The molecule has 8 nitrogen and oxygen atoms in total. The van der Waals surface area contributed by atoms with Gasteiger partial charge in [-0.15, -0.1) is 4.48 Å². The van der Waals surface area contributed by atoms with Crippen LogP contribution in [0.15, 0.2) is 108 Å². The average molecular weight is 568 g/mol. The Bertz CT molecular complexity index is 1610. The van der Waals surface area contributed by atoms with Crippen molar-refractivity contribution in [1.82, 2.24) is 4.48 Å². The normalized spacial score (nSPS) is 16.5. The quantitative estimate of drug-likeness (QED) is 0.171. The maximum absolute atomic E-state index is 14.0. The number of anilines is 1. The van der Waals surface area contributed by atoms with Crippen LogP contribution in [0.25, 0.3) is 0 Å². The zero-order chi connectivity index (χ0) is 29.0. The van der Waals surface area contributed by atoms with E-state index in [0.717, 1.165) is 11.8 Å². The molecule has 1 heterocycles. The maximum Gasteiger partial charge on any atom is 0.393 e. The van der Waals surface area contributed by atoms with Gasteiger partial charge < -0.3 is 15.2 Å². The molecule has 0 aromatic heterocycles. The first kappa shape index (κ1) is 27.8. The van der Waals surface area contributed by atoms with Gasteiger partial charge >= 0.3 is 17.1 Å². The summed E-state index contributed by atoms with van der Waals surface area (Å²) in [5, 5.41) is 11.6. The van der Waals surface area contributed by atoms with E-state index in [1.165, 1.54) is 0 Å². The molecule has 2 N–H and O–H groups in total. The third-order valence-electron chi connectivity index (χ3n) is 6.85. The van der Waals surface area contributed by atoms with Crippen LogP contribution >= 0.6 is 11.8 Å². The Labute approximate surface area is 241 Å². The number of quaternary nitrogens is 1. The second kappa shape index (κ2) is 11.8. The monoisotopic (exact) mass is 567 g/mol. The number of fused-ring (bicyclic) bond motifs is 1. The second-order valence-electron chi connectivity index (χ2n) is 9.53. The SMILES string of the molecule is C[C@H](Nc1ccc(OCC[N+]2(C(=O)c3ccccc3)C(=O)Sc3cc(C(=O)c4ccccc4)ccc32)cc1)C(=O)O. The molecule has 206 valence electrons. The third-order valence-corrected chi connectivity index (χ3v) is 7.88. The third kappa shape index (κ3) is 5.63. The molecule has 4 aromatic carbocycles. The first-order valence-corrected chi connectivity index (χ1v) is 13.8. The number of benzene rings is 4. The zero-order valence-corrected chi connectivity index (χ0v) is 23.0. The van der Waals surface area contributed by atoms with E-state index < -0.39 is 16.5 Å². The summed E-state index contributed by atoms with van der Waals surface area (Å²) in [6.45, 7) is 1.63. The number of ketones is 1. The smallest absolute Gasteiger partial charge is 0.393 e. The summed E-state index contributed by atoms with van der Waals surface area (Å²) in [7, 11) is 0.